The molecule has 1 aromatic heterocycles. The molecule has 1 N–H and O–H groups in total. The highest BCUT2D eigenvalue weighted by Crippen LogP contribution is 2.26. The Labute approximate surface area is 151 Å². The van der Waals surface area contributed by atoms with E-state index in [9.17, 15) is 4.79 Å². The topological polar surface area (TPSA) is 71.1 Å². The molecule has 0 amide bonds. The van der Waals surface area contributed by atoms with Gasteiger partial charge < -0.3 is 0 Å². The molecule has 2 rings (SSSR count). The summed E-state index contributed by atoms with van der Waals surface area (Å²) in [6, 6.07) is 3.18. The first-order valence-electron chi connectivity index (χ1n) is 7.84. The van der Waals surface area contributed by atoms with Crippen molar-refractivity contribution in [1.82, 2.24) is 9.55 Å². The minimum Gasteiger partial charge on any atom is -0.292 e. The zero-order valence-electron chi connectivity index (χ0n) is 14.4. The fourth-order valence-corrected chi connectivity index (χ4v) is 2.60. The molecule has 5 nitrogen and oxygen atoms in total. The predicted octanol–water partition coefficient (Wildman–Crippen LogP) is 4.86. The lowest BCUT2D eigenvalue weighted by molar-refractivity contribution is 0.642. The third-order valence-corrected chi connectivity index (χ3v) is 4.10. The van der Waals surface area contributed by atoms with Gasteiger partial charge in [-0.1, -0.05) is 43.5 Å². The van der Waals surface area contributed by atoms with Crippen molar-refractivity contribution in [2.75, 3.05) is 0 Å². The molecule has 1 aromatic carbocycles. The van der Waals surface area contributed by atoms with E-state index in [1.165, 1.54) is 0 Å². The maximum absolute atomic E-state index is 13.0. The summed E-state index contributed by atoms with van der Waals surface area (Å²) in [7, 11) is 0. The summed E-state index contributed by atoms with van der Waals surface area (Å²) in [5, 5.41) is 4.44. The first-order valence-corrected chi connectivity index (χ1v) is 8.22. The number of fused-ring (bicyclic) bond motifs is 1. The standard InChI is InChI=1S/C19H19ClN4O/c1-5-13(20)8-7-11-24-18(12(3)4)22-17-14(6-2)16(23-21)10-9-15(17)19(24)25/h2,5,7-10,12,21H,11H2,1,3-4H3/b8-7-,13-5+,23-21?. The van der Waals surface area contributed by atoms with E-state index in [4.69, 9.17) is 23.6 Å². The minimum atomic E-state index is -0.178. The number of terminal acetylenes is 1. The zero-order chi connectivity index (χ0) is 18.6. The van der Waals surface area contributed by atoms with Crippen LogP contribution in [0.5, 0.6) is 0 Å². The molecule has 0 aliphatic rings. The SMILES string of the molecule is C#Cc1c(N=N)ccc2c(=O)n(C/C=C\C(Cl)=C/C)c(C(C)C)nc12. The molecule has 25 heavy (non-hydrogen) atoms. The molecule has 2 aromatic rings. The normalized spacial score (nSPS) is 12.1. The van der Waals surface area contributed by atoms with Crippen LogP contribution in [0.1, 0.15) is 38.1 Å². The average Bonchev–Trinajstić information content (AvgIpc) is 2.61. The molecule has 0 radical (unpaired) electrons. The lowest BCUT2D eigenvalue weighted by Crippen LogP contribution is -2.26. The van der Waals surface area contributed by atoms with Crippen LogP contribution in [0.2, 0.25) is 0 Å². The predicted molar refractivity (Wildman–Crippen MR) is 102 cm³/mol. The van der Waals surface area contributed by atoms with Crippen LogP contribution in [0.15, 0.2) is 45.3 Å². The molecule has 0 aliphatic carbocycles. The number of hydrogen-bond donors (Lipinski definition) is 1. The van der Waals surface area contributed by atoms with Gasteiger partial charge in [0.2, 0.25) is 0 Å². The largest absolute Gasteiger partial charge is 0.292 e. The van der Waals surface area contributed by atoms with E-state index in [0.717, 1.165) is 0 Å². The molecule has 0 fully saturated rings. The molecular formula is C19H19ClN4O. The fraction of sp³-hybridized carbons (Fsp3) is 0.263. The second-order valence-electron chi connectivity index (χ2n) is 5.73. The van der Waals surface area contributed by atoms with Crippen LogP contribution in [-0.4, -0.2) is 9.55 Å². The summed E-state index contributed by atoms with van der Waals surface area (Å²) in [5.41, 5.74) is 8.17. The minimum absolute atomic E-state index is 0.0184. The van der Waals surface area contributed by atoms with Crippen LogP contribution in [0.4, 0.5) is 5.69 Å². The van der Waals surface area contributed by atoms with Crippen molar-refractivity contribution < 1.29 is 0 Å². The van der Waals surface area contributed by atoms with Gasteiger partial charge in [0.25, 0.3) is 5.56 Å². The molecular weight excluding hydrogens is 336 g/mol. The van der Waals surface area contributed by atoms with E-state index < -0.39 is 0 Å². The van der Waals surface area contributed by atoms with E-state index >= 15 is 0 Å². The van der Waals surface area contributed by atoms with Crippen molar-refractivity contribution in [2.45, 2.75) is 33.2 Å². The smallest absolute Gasteiger partial charge is 0.261 e. The van der Waals surface area contributed by atoms with E-state index in [2.05, 4.69) is 16.0 Å². The lowest BCUT2D eigenvalue weighted by Gasteiger charge is -2.15. The first kappa shape index (κ1) is 18.6. The quantitative estimate of drug-likeness (QED) is 0.473. The molecule has 0 unspecified atom stereocenters. The number of nitrogens with zero attached hydrogens (tertiary/aromatic N) is 3. The summed E-state index contributed by atoms with van der Waals surface area (Å²) in [5.74, 6) is 3.15. The van der Waals surface area contributed by atoms with Crippen LogP contribution in [0, 0.1) is 17.9 Å². The van der Waals surface area contributed by atoms with Gasteiger partial charge in [-0.2, -0.15) is 5.11 Å². The molecule has 128 valence electrons. The van der Waals surface area contributed by atoms with Crippen molar-refractivity contribution in [3.63, 3.8) is 0 Å². The molecule has 0 aliphatic heterocycles. The molecule has 0 atom stereocenters. The van der Waals surface area contributed by atoms with Crippen LogP contribution in [0.3, 0.4) is 0 Å². The van der Waals surface area contributed by atoms with Gasteiger partial charge in [-0.15, -0.1) is 6.42 Å². The Morgan fingerprint density at radius 2 is 2.24 bits per heavy atom. The monoisotopic (exact) mass is 354 g/mol. The second-order valence-corrected chi connectivity index (χ2v) is 6.16. The van der Waals surface area contributed by atoms with E-state index in [1.807, 2.05) is 26.8 Å². The van der Waals surface area contributed by atoms with Crippen LogP contribution >= 0.6 is 11.6 Å². The number of allylic oxidation sites excluding steroid dienone is 4. The van der Waals surface area contributed by atoms with Gasteiger partial charge in [-0.05, 0) is 25.1 Å². The maximum atomic E-state index is 13.0. The van der Waals surface area contributed by atoms with Gasteiger partial charge in [0.15, 0.2) is 0 Å². The van der Waals surface area contributed by atoms with Gasteiger partial charge in [-0.3, -0.25) is 9.36 Å². The highest BCUT2D eigenvalue weighted by molar-refractivity contribution is 6.31. The molecule has 0 spiro atoms. The van der Waals surface area contributed by atoms with Crippen molar-refractivity contribution in [3.8, 4) is 12.3 Å². The number of halogens is 1. The van der Waals surface area contributed by atoms with Crippen molar-refractivity contribution in [1.29, 1.82) is 5.53 Å². The van der Waals surface area contributed by atoms with Gasteiger partial charge in [0, 0.05) is 17.5 Å². The van der Waals surface area contributed by atoms with Crippen LogP contribution in [-0.2, 0) is 6.54 Å². The second kappa shape index (κ2) is 7.91. The van der Waals surface area contributed by atoms with Gasteiger partial charge >= 0.3 is 0 Å². The number of aromatic nitrogens is 2. The van der Waals surface area contributed by atoms with Crippen LogP contribution < -0.4 is 5.56 Å². The van der Waals surface area contributed by atoms with E-state index in [1.54, 1.807) is 28.9 Å². The molecule has 1 heterocycles. The Balaban J connectivity index is 2.75. The highest BCUT2D eigenvalue weighted by atomic mass is 35.5. The lowest BCUT2D eigenvalue weighted by atomic mass is 10.1. The van der Waals surface area contributed by atoms with Gasteiger partial charge in [0.05, 0.1) is 16.5 Å². The molecule has 0 saturated heterocycles. The molecule has 0 saturated carbocycles. The van der Waals surface area contributed by atoms with E-state index in [-0.39, 0.29) is 11.5 Å². The van der Waals surface area contributed by atoms with Crippen molar-refractivity contribution in [2.24, 2.45) is 5.11 Å². The van der Waals surface area contributed by atoms with Crippen molar-refractivity contribution >= 4 is 28.2 Å². The summed E-state index contributed by atoms with van der Waals surface area (Å²) in [6.07, 6.45) is 10.9. The van der Waals surface area contributed by atoms with Gasteiger partial charge in [-0.25, -0.2) is 10.5 Å². The van der Waals surface area contributed by atoms with E-state index in [0.29, 0.717) is 39.6 Å². The summed E-state index contributed by atoms with van der Waals surface area (Å²) in [4.78, 5) is 17.6. The first-order chi connectivity index (χ1) is 11.9. The highest BCUT2D eigenvalue weighted by Gasteiger charge is 2.16. The number of rotatable bonds is 5. The van der Waals surface area contributed by atoms with Crippen molar-refractivity contribution in [3.05, 3.63) is 57.1 Å². The Morgan fingerprint density at radius 3 is 2.80 bits per heavy atom. The number of hydrogen-bond acceptors (Lipinski definition) is 4. The molecule has 0 bridgehead atoms. The third-order valence-electron chi connectivity index (χ3n) is 3.76. The Morgan fingerprint density at radius 1 is 1.52 bits per heavy atom. The summed E-state index contributed by atoms with van der Waals surface area (Å²) >= 11 is 5.96. The fourth-order valence-electron chi connectivity index (χ4n) is 2.51. The number of benzene rings is 1. The Bertz CT molecular complexity index is 978. The molecule has 6 heteroatoms. The Kier molecular flexibility index (Phi) is 5.89. The van der Waals surface area contributed by atoms with Gasteiger partial charge in [0.1, 0.15) is 11.5 Å². The average molecular weight is 355 g/mol. The maximum Gasteiger partial charge on any atom is 0.261 e. The number of nitrogens with one attached hydrogen (secondary N) is 1. The zero-order valence-corrected chi connectivity index (χ0v) is 15.1. The Hall–Kier alpha value is -2.71. The third kappa shape index (κ3) is 3.70. The summed E-state index contributed by atoms with van der Waals surface area (Å²) in [6.45, 7) is 6.11. The summed E-state index contributed by atoms with van der Waals surface area (Å²) < 4.78 is 1.61. The van der Waals surface area contributed by atoms with Crippen LogP contribution in [0.25, 0.3) is 10.9 Å².